The molecule has 3 heterocycles. The van der Waals surface area contributed by atoms with E-state index in [-0.39, 0.29) is 29.5 Å². The van der Waals surface area contributed by atoms with E-state index < -0.39 is 17.4 Å². The third-order valence-corrected chi connectivity index (χ3v) is 4.88. The molecule has 0 spiro atoms. The van der Waals surface area contributed by atoms with Gasteiger partial charge in [0.25, 0.3) is 17.0 Å². The lowest BCUT2D eigenvalue weighted by atomic mass is 9.96. The second-order valence-corrected chi connectivity index (χ2v) is 6.84. The van der Waals surface area contributed by atoms with E-state index in [4.69, 9.17) is 0 Å². The minimum Gasteiger partial charge on any atom is -0.338 e. The van der Waals surface area contributed by atoms with Crippen LogP contribution in [0.25, 0.3) is 0 Å². The summed E-state index contributed by atoms with van der Waals surface area (Å²) in [5.74, 6) is -0.313. The molecule has 3 rings (SSSR count). The Morgan fingerprint density at radius 1 is 1.25 bits per heavy atom. The fourth-order valence-electron chi connectivity index (χ4n) is 3.25. The van der Waals surface area contributed by atoms with Gasteiger partial charge in [-0.2, -0.15) is 13.2 Å². The molecule has 1 saturated heterocycles. The van der Waals surface area contributed by atoms with Crippen LogP contribution >= 0.6 is 0 Å². The molecule has 2 aromatic rings. The molecular formula is C18H19F3N4O3. The van der Waals surface area contributed by atoms with Crippen molar-refractivity contribution in [3.63, 3.8) is 0 Å². The van der Waals surface area contributed by atoms with E-state index in [9.17, 15) is 27.6 Å². The van der Waals surface area contributed by atoms with Crippen molar-refractivity contribution < 1.29 is 18.0 Å². The number of hydrogen-bond donors (Lipinski definition) is 0. The molecule has 0 atom stereocenters. The number of hydrogen-bond acceptors (Lipinski definition) is 4. The number of nitrogens with zero attached hydrogens (tertiary/aromatic N) is 4. The predicted molar refractivity (Wildman–Crippen MR) is 93.8 cm³/mol. The summed E-state index contributed by atoms with van der Waals surface area (Å²) >= 11 is 0. The van der Waals surface area contributed by atoms with Gasteiger partial charge in [0.05, 0.1) is 6.33 Å². The quantitative estimate of drug-likeness (QED) is 0.788. The zero-order valence-corrected chi connectivity index (χ0v) is 15.1. The van der Waals surface area contributed by atoms with Crippen molar-refractivity contribution in [2.45, 2.75) is 25.6 Å². The summed E-state index contributed by atoms with van der Waals surface area (Å²) in [5, 5.41) is 0. The zero-order valence-electron chi connectivity index (χ0n) is 15.1. The lowest BCUT2D eigenvalue weighted by molar-refractivity contribution is -0.141. The molecule has 0 aromatic carbocycles. The maximum absolute atomic E-state index is 12.6. The average molecular weight is 396 g/mol. The summed E-state index contributed by atoms with van der Waals surface area (Å²) in [6.45, 7) is 1.05. The Labute approximate surface area is 158 Å². The number of carbonyl (C=O) groups is 1. The van der Waals surface area contributed by atoms with Gasteiger partial charge in [-0.25, -0.2) is 4.98 Å². The fourth-order valence-corrected chi connectivity index (χ4v) is 3.25. The van der Waals surface area contributed by atoms with Crippen LogP contribution in [-0.2, 0) is 19.8 Å². The van der Waals surface area contributed by atoms with E-state index >= 15 is 0 Å². The standard InChI is InChI=1S/C18H19F3N4O3/c1-23-6-2-3-13(16(23)27)17(28)24-7-4-12(5-8-24)10-25-11-22-14(9-15(25)26)18(19,20)21/h2-3,6,9,11-12H,4-5,7-8,10H2,1H3. The molecule has 0 saturated carbocycles. The Morgan fingerprint density at radius 3 is 2.54 bits per heavy atom. The van der Waals surface area contributed by atoms with Gasteiger partial charge in [0, 0.05) is 38.9 Å². The summed E-state index contributed by atoms with van der Waals surface area (Å²) in [6.07, 6.45) is -1.02. The van der Waals surface area contributed by atoms with Crippen LogP contribution in [-0.4, -0.2) is 38.0 Å². The number of pyridine rings is 1. The molecule has 0 unspecified atom stereocenters. The van der Waals surface area contributed by atoms with Crippen molar-refractivity contribution in [2.75, 3.05) is 13.1 Å². The highest BCUT2D eigenvalue weighted by atomic mass is 19.4. The maximum atomic E-state index is 12.6. The number of rotatable bonds is 3. The molecule has 0 aliphatic carbocycles. The molecule has 2 aromatic heterocycles. The van der Waals surface area contributed by atoms with Crippen LogP contribution < -0.4 is 11.1 Å². The van der Waals surface area contributed by atoms with Crippen molar-refractivity contribution in [3.05, 3.63) is 62.7 Å². The number of piperidine rings is 1. The summed E-state index contributed by atoms with van der Waals surface area (Å²) in [5.41, 5.74) is -2.23. The Hall–Kier alpha value is -2.91. The third kappa shape index (κ3) is 4.15. The second kappa shape index (κ2) is 7.61. The van der Waals surface area contributed by atoms with Crippen LogP contribution in [0.2, 0.25) is 0 Å². The minimum atomic E-state index is -4.65. The predicted octanol–water partition coefficient (Wildman–Crippen LogP) is 1.51. The molecule has 10 heteroatoms. The minimum absolute atomic E-state index is 0.0268. The summed E-state index contributed by atoms with van der Waals surface area (Å²) in [4.78, 5) is 41.5. The average Bonchev–Trinajstić information content (AvgIpc) is 2.65. The summed E-state index contributed by atoms with van der Waals surface area (Å²) < 4.78 is 40.3. The zero-order chi connectivity index (χ0) is 20.5. The number of carbonyl (C=O) groups excluding carboxylic acids is 1. The smallest absolute Gasteiger partial charge is 0.338 e. The number of alkyl halides is 3. The van der Waals surface area contributed by atoms with Crippen LogP contribution in [0.5, 0.6) is 0 Å². The van der Waals surface area contributed by atoms with E-state index in [0.29, 0.717) is 32.0 Å². The van der Waals surface area contributed by atoms with Crippen molar-refractivity contribution in [2.24, 2.45) is 13.0 Å². The SMILES string of the molecule is Cn1cccc(C(=O)N2CCC(Cn3cnc(C(F)(F)F)cc3=O)CC2)c1=O. The van der Waals surface area contributed by atoms with Crippen LogP contribution in [0.3, 0.4) is 0 Å². The van der Waals surface area contributed by atoms with Gasteiger partial charge < -0.3 is 9.47 Å². The molecular weight excluding hydrogens is 377 g/mol. The molecule has 28 heavy (non-hydrogen) atoms. The second-order valence-electron chi connectivity index (χ2n) is 6.84. The lowest BCUT2D eigenvalue weighted by Crippen LogP contribution is -2.42. The maximum Gasteiger partial charge on any atom is 0.433 e. The number of halogens is 3. The van der Waals surface area contributed by atoms with E-state index in [1.165, 1.54) is 10.6 Å². The molecule has 0 radical (unpaired) electrons. The first kappa shape index (κ1) is 19.8. The first-order valence-electron chi connectivity index (χ1n) is 8.75. The van der Waals surface area contributed by atoms with Crippen molar-refractivity contribution >= 4 is 5.91 Å². The molecule has 0 bridgehead atoms. The van der Waals surface area contributed by atoms with Crippen molar-refractivity contribution in [3.8, 4) is 0 Å². The van der Waals surface area contributed by atoms with Gasteiger partial charge in [-0.1, -0.05) is 0 Å². The first-order valence-corrected chi connectivity index (χ1v) is 8.75. The van der Waals surface area contributed by atoms with E-state index in [2.05, 4.69) is 4.98 Å². The molecule has 0 N–H and O–H groups in total. The highest BCUT2D eigenvalue weighted by molar-refractivity contribution is 5.93. The Bertz CT molecular complexity index is 989. The van der Waals surface area contributed by atoms with Gasteiger partial charge in [-0.05, 0) is 30.9 Å². The Balaban J connectivity index is 1.63. The van der Waals surface area contributed by atoms with Crippen LogP contribution in [0, 0.1) is 5.92 Å². The van der Waals surface area contributed by atoms with Gasteiger partial charge in [0.15, 0.2) is 5.69 Å². The van der Waals surface area contributed by atoms with Gasteiger partial charge in [-0.15, -0.1) is 0 Å². The fraction of sp³-hybridized carbons (Fsp3) is 0.444. The van der Waals surface area contributed by atoms with Crippen LogP contribution in [0.1, 0.15) is 28.9 Å². The molecule has 1 aliphatic rings. The highest BCUT2D eigenvalue weighted by Gasteiger charge is 2.33. The Morgan fingerprint density at radius 2 is 1.93 bits per heavy atom. The largest absolute Gasteiger partial charge is 0.433 e. The van der Waals surface area contributed by atoms with Crippen LogP contribution in [0.15, 0.2) is 40.3 Å². The van der Waals surface area contributed by atoms with Crippen molar-refractivity contribution in [1.82, 2.24) is 19.0 Å². The highest BCUT2D eigenvalue weighted by Crippen LogP contribution is 2.26. The molecule has 1 amide bonds. The molecule has 150 valence electrons. The summed E-state index contributed by atoms with van der Waals surface area (Å²) in [6, 6.07) is 3.61. The lowest BCUT2D eigenvalue weighted by Gasteiger charge is -2.32. The number of amides is 1. The van der Waals surface area contributed by atoms with E-state index in [1.807, 2.05) is 0 Å². The van der Waals surface area contributed by atoms with Crippen molar-refractivity contribution in [1.29, 1.82) is 0 Å². The van der Waals surface area contributed by atoms with Gasteiger partial charge in [0.1, 0.15) is 5.56 Å². The van der Waals surface area contributed by atoms with E-state index in [1.54, 1.807) is 24.2 Å². The third-order valence-electron chi connectivity index (χ3n) is 4.88. The monoisotopic (exact) mass is 396 g/mol. The van der Waals surface area contributed by atoms with Crippen LogP contribution in [0.4, 0.5) is 13.2 Å². The topological polar surface area (TPSA) is 77.2 Å². The number of aromatic nitrogens is 3. The van der Waals surface area contributed by atoms with E-state index in [0.717, 1.165) is 10.9 Å². The van der Waals surface area contributed by atoms with Gasteiger partial charge >= 0.3 is 6.18 Å². The molecule has 1 fully saturated rings. The van der Waals surface area contributed by atoms with Gasteiger partial charge in [0.2, 0.25) is 0 Å². The molecule has 7 nitrogen and oxygen atoms in total. The van der Waals surface area contributed by atoms with Gasteiger partial charge in [-0.3, -0.25) is 19.0 Å². The molecule has 1 aliphatic heterocycles. The first-order chi connectivity index (χ1) is 13.2. The normalized spacial score (nSPS) is 15.6. The number of aryl methyl sites for hydroxylation is 1. The number of likely N-dealkylation sites (tertiary alicyclic amines) is 1. The Kier molecular flexibility index (Phi) is 5.39. The summed E-state index contributed by atoms with van der Waals surface area (Å²) in [7, 11) is 1.57.